The van der Waals surface area contributed by atoms with Crippen LogP contribution in [-0.4, -0.2) is 4.57 Å². The lowest BCUT2D eigenvalue weighted by molar-refractivity contribution is 1.13. The van der Waals surface area contributed by atoms with Gasteiger partial charge in [-0.15, -0.1) is 0 Å². The first-order chi connectivity index (χ1) is 14.8. The highest BCUT2D eigenvalue weighted by atomic mass is 35.5. The Morgan fingerprint density at radius 2 is 1.47 bits per heavy atom. The van der Waals surface area contributed by atoms with Gasteiger partial charge in [0.25, 0.3) is 0 Å². The van der Waals surface area contributed by atoms with Crippen LogP contribution in [0.5, 0.6) is 0 Å². The van der Waals surface area contributed by atoms with Crippen LogP contribution in [-0.2, 0) is 0 Å². The van der Waals surface area contributed by atoms with E-state index >= 15 is 0 Å². The van der Waals surface area contributed by atoms with Gasteiger partial charge in [0.1, 0.15) is 0 Å². The van der Waals surface area contributed by atoms with Gasteiger partial charge in [-0.2, -0.15) is 0 Å². The van der Waals surface area contributed by atoms with E-state index in [1.165, 1.54) is 9.79 Å². The number of fused-ring (bicyclic) bond motifs is 3. The normalized spacial score (nSPS) is 12.3. The van der Waals surface area contributed by atoms with Gasteiger partial charge in [-0.25, -0.2) is 0 Å². The second kappa shape index (κ2) is 6.98. The van der Waals surface area contributed by atoms with Crippen molar-refractivity contribution in [1.82, 2.24) is 4.57 Å². The molecule has 30 heavy (non-hydrogen) atoms. The summed E-state index contributed by atoms with van der Waals surface area (Å²) in [6.45, 7) is 0. The molecule has 0 amide bonds. The van der Waals surface area contributed by atoms with Crippen molar-refractivity contribution in [3.8, 4) is 16.8 Å². The van der Waals surface area contributed by atoms with Crippen LogP contribution in [0, 0.1) is 0 Å². The Bertz CT molecular complexity index is 1410. The van der Waals surface area contributed by atoms with Crippen molar-refractivity contribution in [3.05, 3.63) is 102 Å². The molecule has 1 aromatic heterocycles. The molecule has 0 spiro atoms. The molecule has 0 fully saturated rings. The van der Waals surface area contributed by atoms with Gasteiger partial charge in [-0.05, 0) is 42.5 Å². The molecule has 1 aliphatic heterocycles. The monoisotopic (exact) mass is 424 g/mol. The molecule has 0 saturated heterocycles. The summed E-state index contributed by atoms with van der Waals surface area (Å²) in [6, 6.07) is 31.4. The summed E-state index contributed by atoms with van der Waals surface area (Å²) < 4.78 is 2.22. The minimum Gasteiger partial charge on any atom is -0.353 e. The van der Waals surface area contributed by atoms with E-state index in [1.807, 2.05) is 18.2 Å². The second-order valence-electron chi connectivity index (χ2n) is 7.28. The van der Waals surface area contributed by atoms with Crippen LogP contribution >= 0.6 is 23.4 Å². The Balaban J connectivity index is 1.61. The Kier molecular flexibility index (Phi) is 4.12. The molecule has 144 valence electrons. The summed E-state index contributed by atoms with van der Waals surface area (Å²) >= 11 is 8.54. The van der Waals surface area contributed by atoms with E-state index in [0.717, 1.165) is 44.1 Å². The number of halogens is 1. The first-order valence-corrected chi connectivity index (χ1v) is 11.0. The highest BCUT2D eigenvalue weighted by molar-refractivity contribution is 7.99. The molecule has 2 nitrogen and oxygen atoms in total. The van der Waals surface area contributed by atoms with E-state index < -0.39 is 0 Å². The van der Waals surface area contributed by atoms with E-state index in [-0.39, 0.29) is 0 Å². The average Bonchev–Trinajstić information content (AvgIpc) is 3.19. The Morgan fingerprint density at radius 3 is 2.37 bits per heavy atom. The first kappa shape index (κ1) is 17.7. The van der Waals surface area contributed by atoms with E-state index in [9.17, 15) is 0 Å². The molecule has 0 atom stereocenters. The van der Waals surface area contributed by atoms with Gasteiger partial charge in [-0.3, -0.25) is 0 Å². The van der Waals surface area contributed by atoms with Crippen LogP contribution in [0.15, 0.2) is 107 Å². The van der Waals surface area contributed by atoms with E-state index in [2.05, 4.69) is 88.9 Å². The quantitative estimate of drug-likeness (QED) is 0.302. The van der Waals surface area contributed by atoms with E-state index in [0.29, 0.717) is 0 Å². The third kappa shape index (κ3) is 2.74. The van der Waals surface area contributed by atoms with Gasteiger partial charge in [0.2, 0.25) is 0 Å². The minimum absolute atomic E-state index is 0.763. The lowest BCUT2D eigenvalue weighted by Crippen LogP contribution is -2.01. The zero-order valence-corrected chi connectivity index (χ0v) is 17.5. The zero-order valence-electron chi connectivity index (χ0n) is 16.0. The summed E-state index contributed by atoms with van der Waals surface area (Å²) in [6.07, 6.45) is 2.20. The maximum atomic E-state index is 6.74. The van der Waals surface area contributed by atoms with Gasteiger partial charge in [0.15, 0.2) is 0 Å². The van der Waals surface area contributed by atoms with Crippen LogP contribution in [0.1, 0.15) is 0 Å². The maximum Gasteiger partial charge on any atom is 0.0606 e. The fourth-order valence-electron chi connectivity index (χ4n) is 4.13. The first-order valence-electron chi connectivity index (χ1n) is 9.82. The van der Waals surface area contributed by atoms with Crippen molar-refractivity contribution in [2.75, 3.05) is 5.32 Å². The summed E-state index contributed by atoms with van der Waals surface area (Å²) in [5.74, 6) is 0. The van der Waals surface area contributed by atoms with Crippen molar-refractivity contribution in [1.29, 1.82) is 0 Å². The van der Waals surface area contributed by atoms with E-state index in [4.69, 9.17) is 11.6 Å². The molecule has 6 rings (SSSR count). The van der Waals surface area contributed by atoms with Crippen molar-refractivity contribution in [2.45, 2.75) is 9.79 Å². The fourth-order valence-corrected chi connectivity index (χ4v) is 5.42. The highest BCUT2D eigenvalue weighted by Gasteiger charge is 2.22. The third-order valence-corrected chi connectivity index (χ3v) is 6.95. The molecule has 0 bridgehead atoms. The lowest BCUT2D eigenvalue weighted by atomic mass is 10.0. The number of para-hydroxylation sites is 3. The Labute approximate surface area is 184 Å². The molecule has 1 aliphatic rings. The zero-order chi connectivity index (χ0) is 20.1. The lowest BCUT2D eigenvalue weighted by Gasteiger charge is -2.23. The van der Waals surface area contributed by atoms with Gasteiger partial charge in [0, 0.05) is 38.2 Å². The third-order valence-electron chi connectivity index (χ3n) is 5.50. The SMILES string of the molecule is Clc1cccc2c1c(-c1cccc3c1Nc1ccccc1S3)cn2-c1ccccc1. The molecule has 1 N–H and O–H groups in total. The Hall–Kier alpha value is -3.14. The summed E-state index contributed by atoms with van der Waals surface area (Å²) in [5.41, 5.74) is 6.78. The summed E-state index contributed by atoms with van der Waals surface area (Å²) in [7, 11) is 0. The average molecular weight is 425 g/mol. The topological polar surface area (TPSA) is 17.0 Å². The van der Waals surface area contributed by atoms with Crippen LogP contribution < -0.4 is 5.32 Å². The number of anilines is 2. The van der Waals surface area contributed by atoms with Crippen LogP contribution in [0.2, 0.25) is 5.02 Å². The van der Waals surface area contributed by atoms with E-state index in [1.54, 1.807) is 11.8 Å². The second-order valence-corrected chi connectivity index (χ2v) is 8.78. The highest BCUT2D eigenvalue weighted by Crippen LogP contribution is 2.49. The molecule has 4 aromatic carbocycles. The standard InChI is InChI=1S/C26H17ClN2S/c27-20-11-7-13-22-25(20)19(16-29(22)17-8-2-1-3-9-17)18-10-6-15-24-26(18)28-21-12-4-5-14-23(21)30-24/h1-16,28H. The minimum atomic E-state index is 0.763. The van der Waals surface area contributed by atoms with Gasteiger partial charge in [0.05, 0.1) is 21.9 Å². The molecular weight excluding hydrogens is 408 g/mol. The number of hydrogen-bond donors (Lipinski definition) is 1. The molecule has 0 saturated carbocycles. The molecule has 0 radical (unpaired) electrons. The van der Waals surface area contributed by atoms with Gasteiger partial charge in [-0.1, -0.05) is 71.9 Å². The van der Waals surface area contributed by atoms with Gasteiger partial charge >= 0.3 is 0 Å². The molecule has 0 unspecified atom stereocenters. The largest absolute Gasteiger partial charge is 0.353 e. The smallest absolute Gasteiger partial charge is 0.0606 e. The number of rotatable bonds is 2. The molecular formula is C26H17ClN2S. The van der Waals surface area contributed by atoms with Crippen LogP contribution in [0.4, 0.5) is 11.4 Å². The van der Waals surface area contributed by atoms with Crippen LogP contribution in [0.3, 0.4) is 0 Å². The van der Waals surface area contributed by atoms with Crippen molar-refractivity contribution in [3.63, 3.8) is 0 Å². The molecule has 4 heteroatoms. The predicted octanol–water partition coefficient (Wildman–Crippen LogP) is 8.16. The number of hydrogen-bond acceptors (Lipinski definition) is 2. The summed E-state index contributed by atoms with van der Waals surface area (Å²) in [4.78, 5) is 2.46. The molecule has 0 aliphatic carbocycles. The molecule has 5 aromatic rings. The van der Waals surface area contributed by atoms with Crippen LogP contribution in [0.25, 0.3) is 27.7 Å². The van der Waals surface area contributed by atoms with Crippen molar-refractivity contribution in [2.24, 2.45) is 0 Å². The summed E-state index contributed by atoms with van der Waals surface area (Å²) in [5, 5.41) is 5.50. The number of aromatic nitrogens is 1. The van der Waals surface area contributed by atoms with Gasteiger partial charge < -0.3 is 9.88 Å². The fraction of sp³-hybridized carbons (Fsp3) is 0. The number of nitrogens with one attached hydrogen (secondary N) is 1. The Morgan fingerprint density at radius 1 is 0.700 bits per heavy atom. The molecule has 2 heterocycles. The maximum absolute atomic E-state index is 6.74. The van der Waals surface area contributed by atoms with Crippen molar-refractivity contribution < 1.29 is 0 Å². The number of nitrogens with zero attached hydrogens (tertiary/aromatic N) is 1. The predicted molar refractivity (Wildman–Crippen MR) is 128 cm³/mol. The number of benzene rings is 4. The van der Waals surface area contributed by atoms with Crippen molar-refractivity contribution >= 4 is 45.6 Å².